The molecule has 10 nitrogen and oxygen atoms in total. The minimum Gasteiger partial charge on any atom is -0.337 e. The Bertz CT molecular complexity index is 1730. The molecule has 0 aliphatic rings. The van der Waals surface area contributed by atoms with Crippen molar-refractivity contribution in [1.82, 2.24) is 19.6 Å². The molecule has 4 aromatic rings. The van der Waals surface area contributed by atoms with Crippen LogP contribution in [0.15, 0.2) is 65.6 Å². The average molecular weight is 590 g/mol. The monoisotopic (exact) mass is 589 g/mol. The minimum absolute atomic E-state index is 0.0153. The maximum absolute atomic E-state index is 12.4. The summed E-state index contributed by atoms with van der Waals surface area (Å²) in [5.74, 6) is 0.776. The second kappa shape index (κ2) is 11.2. The van der Waals surface area contributed by atoms with E-state index in [4.69, 9.17) is 11.6 Å². The van der Waals surface area contributed by atoms with Crippen LogP contribution in [0.25, 0.3) is 16.7 Å². The number of aromatic nitrogens is 2. The van der Waals surface area contributed by atoms with Gasteiger partial charge in [-0.05, 0) is 55.3 Å². The lowest BCUT2D eigenvalue weighted by Gasteiger charge is -2.11. The van der Waals surface area contributed by atoms with Crippen molar-refractivity contribution in [2.24, 2.45) is 0 Å². The number of carbonyl (C=O) groups excluding carboxylic acids is 1. The van der Waals surface area contributed by atoms with Gasteiger partial charge in [0.15, 0.2) is 0 Å². The minimum atomic E-state index is -3.96. The maximum Gasteiger partial charge on any atom is 0.328 e. The Balaban J connectivity index is 1.44. The van der Waals surface area contributed by atoms with E-state index < -0.39 is 26.1 Å². The Kier molecular flexibility index (Phi) is 8.19. The predicted octanol–water partition coefficient (Wildman–Crippen LogP) is 4.15. The predicted molar refractivity (Wildman–Crippen MR) is 153 cm³/mol. The Labute approximate surface area is 232 Å². The fraction of sp³-hybridized carbons (Fsp3) is 0.231. The van der Waals surface area contributed by atoms with Crippen molar-refractivity contribution in [3.8, 4) is 5.69 Å². The molecular formula is C26H28ClN5O5S2. The van der Waals surface area contributed by atoms with E-state index in [1.165, 1.54) is 12.1 Å². The normalized spacial score (nSPS) is 11.9. The number of anilines is 1. The van der Waals surface area contributed by atoms with Gasteiger partial charge in [-0.15, -0.1) is 0 Å². The summed E-state index contributed by atoms with van der Waals surface area (Å²) < 4.78 is 54.4. The summed E-state index contributed by atoms with van der Waals surface area (Å²) in [7, 11) is -7.46. The first-order valence-corrected chi connectivity index (χ1v) is 15.8. The van der Waals surface area contributed by atoms with Gasteiger partial charge in [-0.25, -0.2) is 31.3 Å². The molecule has 0 atom stereocenters. The van der Waals surface area contributed by atoms with E-state index in [0.717, 1.165) is 34.4 Å². The molecule has 0 radical (unpaired) electrons. The van der Waals surface area contributed by atoms with Crippen LogP contribution in [0.5, 0.6) is 0 Å². The van der Waals surface area contributed by atoms with Gasteiger partial charge >= 0.3 is 6.03 Å². The number of hydrogen-bond donors (Lipinski definition) is 3. The van der Waals surface area contributed by atoms with Gasteiger partial charge in [-0.2, -0.15) is 0 Å². The molecule has 1 aromatic heterocycles. The first-order valence-electron chi connectivity index (χ1n) is 12.0. The second-order valence-corrected chi connectivity index (χ2v) is 12.8. The largest absolute Gasteiger partial charge is 0.337 e. The quantitative estimate of drug-likeness (QED) is 0.268. The number of hydrogen-bond acceptors (Lipinski definition) is 6. The third kappa shape index (κ3) is 6.88. The molecule has 0 saturated heterocycles. The van der Waals surface area contributed by atoms with E-state index in [2.05, 4.69) is 15.0 Å². The number of sulfonamides is 2. The van der Waals surface area contributed by atoms with Gasteiger partial charge in [0.1, 0.15) is 5.82 Å². The van der Waals surface area contributed by atoms with Crippen LogP contribution in [0.3, 0.4) is 0 Å². The van der Waals surface area contributed by atoms with Gasteiger partial charge in [0, 0.05) is 18.7 Å². The number of urea groups is 1. The molecule has 0 fully saturated rings. The number of aryl methyl sites for hydroxylation is 2. The van der Waals surface area contributed by atoms with Crippen LogP contribution in [-0.2, 0) is 32.9 Å². The molecule has 1 heterocycles. The highest BCUT2D eigenvalue weighted by molar-refractivity contribution is 7.92. The number of halogens is 1. The van der Waals surface area contributed by atoms with Crippen LogP contribution in [0.4, 0.5) is 10.5 Å². The van der Waals surface area contributed by atoms with Crippen molar-refractivity contribution in [3.63, 3.8) is 0 Å². The first kappa shape index (κ1) is 28.4. The summed E-state index contributed by atoms with van der Waals surface area (Å²) in [6.07, 6.45) is 2.17. The summed E-state index contributed by atoms with van der Waals surface area (Å²) in [6, 6.07) is 16.3. The SMILES string of the molecule is CCc1nc2cc(NS(C)(=O)=O)c(Cl)cc2n1-c1ccc(CCNC(=O)NS(=O)(=O)c2ccc(C)cc2)cc1. The summed E-state index contributed by atoms with van der Waals surface area (Å²) in [5, 5.41) is 2.82. The van der Waals surface area contributed by atoms with Gasteiger partial charge in [-0.3, -0.25) is 9.29 Å². The highest BCUT2D eigenvalue weighted by Gasteiger charge is 2.18. The van der Waals surface area contributed by atoms with E-state index in [-0.39, 0.29) is 22.2 Å². The summed E-state index contributed by atoms with van der Waals surface area (Å²) in [5.41, 5.74) is 4.28. The van der Waals surface area contributed by atoms with E-state index in [1.807, 2.05) is 47.4 Å². The van der Waals surface area contributed by atoms with Gasteiger partial charge in [0.05, 0.1) is 32.9 Å². The third-order valence-corrected chi connectivity index (χ3v) is 8.13. The molecule has 0 unspecified atom stereocenters. The van der Waals surface area contributed by atoms with E-state index >= 15 is 0 Å². The molecule has 206 valence electrons. The van der Waals surface area contributed by atoms with Gasteiger partial charge in [0.25, 0.3) is 10.0 Å². The molecule has 0 aliphatic heterocycles. The molecule has 13 heteroatoms. The standard InChI is InChI=1S/C26H28ClN5O5S2/c1-4-25-29-23-16-22(30-38(3,34)35)21(27)15-24(23)32(25)19-9-7-18(8-10-19)13-14-28-26(33)31-39(36,37)20-11-5-17(2)6-12-20/h5-12,15-16,30H,4,13-14H2,1-3H3,(H2,28,31,33). The molecule has 0 aliphatic carbocycles. The molecule has 0 spiro atoms. The number of amides is 2. The van der Waals surface area contributed by atoms with Gasteiger partial charge in [0.2, 0.25) is 10.0 Å². The zero-order valence-corrected chi connectivity index (χ0v) is 23.9. The van der Waals surface area contributed by atoms with Crippen molar-refractivity contribution in [2.75, 3.05) is 17.5 Å². The average Bonchev–Trinajstić information content (AvgIpc) is 3.21. The molecule has 39 heavy (non-hydrogen) atoms. The molecule has 2 amide bonds. The van der Waals surface area contributed by atoms with Crippen molar-refractivity contribution in [2.45, 2.75) is 31.6 Å². The van der Waals surface area contributed by atoms with Crippen LogP contribution < -0.4 is 14.8 Å². The Morgan fingerprint density at radius 2 is 1.67 bits per heavy atom. The lowest BCUT2D eigenvalue weighted by molar-refractivity contribution is 0.246. The Hall–Kier alpha value is -3.61. The topological polar surface area (TPSA) is 139 Å². The fourth-order valence-electron chi connectivity index (χ4n) is 4.02. The van der Waals surface area contributed by atoms with Crippen LogP contribution in [-0.4, -0.2) is 45.2 Å². The van der Waals surface area contributed by atoms with Gasteiger partial charge < -0.3 is 5.32 Å². The van der Waals surface area contributed by atoms with E-state index in [9.17, 15) is 21.6 Å². The number of carbonyl (C=O) groups is 1. The third-order valence-electron chi connectivity index (χ3n) is 5.88. The maximum atomic E-state index is 12.4. The lowest BCUT2D eigenvalue weighted by Crippen LogP contribution is -2.40. The number of nitrogens with zero attached hydrogens (tertiary/aromatic N) is 2. The second-order valence-electron chi connectivity index (χ2n) is 9.00. The molecule has 4 rings (SSSR count). The summed E-state index contributed by atoms with van der Waals surface area (Å²) in [4.78, 5) is 16.8. The number of rotatable bonds is 9. The number of benzene rings is 3. The van der Waals surface area contributed by atoms with E-state index in [1.54, 1.807) is 24.3 Å². The number of imidazole rings is 1. The van der Waals surface area contributed by atoms with Crippen LogP contribution in [0, 0.1) is 6.92 Å². The molecule has 0 bridgehead atoms. The molecule has 0 saturated carbocycles. The molecule has 3 aromatic carbocycles. The van der Waals surface area contributed by atoms with Crippen LogP contribution in [0.2, 0.25) is 5.02 Å². The molecular weight excluding hydrogens is 562 g/mol. The summed E-state index contributed by atoms with van der Waals surface area (Å²) in [6.45, 7) is 4.05. The highest BCUT2D eigenvalue weighted by atomic mass is 35.5. The van der Waals surface area contributed by atoms with Crippen LogP contribution >= 0.6 is 11.6 Å². The van der Waals surface area contributed by atoms with Crippen molar-refractivity contribution in [1.29, 1.82) is 0 Å². The lowest BCUT2D eigenvalue weighted by atomic mass is 10.1. The van der Waals surface area contributed by atoms with Crippen molar-refractivity contribution >= 4 is 54.4 Å². The Morgan fingerprint density at radius 1 is 1.00 bits per heavy atom. The fourth-order valence-corrected chi connectivity index (χ4v) is 5.78. The number of fused-ring (bicyclic) bond motifs is 1. The van der Waals surface area contributed by atoms with Crippen molar-refractivity contribution < 1.29 is 21.6 Å². The molecule has 3 N–H and O–H groups in total. The summed E-state index contributed by atoms with van der Waals surface area (Å²) >= 11 is 6.36. The van der Waals surface area contributed by atoms with Crippen molar-refractivity contribution in [3.05, 3.63) is 82.6 Å². The van der Waals surface area contributed by atoms with Crippen LogP contribution in [0.1, 0.15) is 23.9 Å². The zero-order valence-electron chi connectivity index (χ0n) is 21.5. The zero-order chi connectivity index (χ0) is 28.4. The Morgan fingerprint density at radius 3 is 2.28 bits per heavy atom. The smallest absolute Gasteiger partial charge is 0.328 e. The van der Waals surface area contributed by atoms with Gasteiger partial charge in [-0.1, -0.05) is 48.4 Å². The van der Waals surface area contributed by atoms with E-state index in [0.29, 0.717) is 18.4 Å². The first-order chi connectivity index (χ1) is 18.4. The highest BCUT2D eigenvalue weighted by Crippen LogP contribution is 2.31. The number of nitrogens with one attached hydrogen (secondary N) is 3.